The summed E-state index contributed by atoms with van der Waals surface area (Å²) in [6.45, 7) is 2.57. The lowest BCUT2D eigenvalue weighted by molar-refractivity contribution is -0.122. The predicted octanol–water partition coefficient (Wildman–Crippen LogP) is 2.48. The van der Waals surface area contributed by atoms with Crippen molar-refractivity contribution in [1.82, 2.24) is 10.2 Å². The molecule has 0 spiro atoms. The molecule has 1 aromatic carbocycles. The van der Waals surface area contributed by atoms with Crippen LogP contribution in [0, 0.1) is 11.8 Å². The molecular formula is C18H26Cl2N2O3. The van der Waals surface area contributed by atoms with E-state index in [2.05, 4.69) is 10.2 Å². The van der Waals surface area contributed by atoms with Crippen molar-refractivity contribution in [3.05, 3.63) is 28.8 Å². The van der Waals surface area contributed by atoms with Crippen molar-refractivity contribution in [1.29, 1.82) is 0 Å². The van der Waals surface area contributed by atoms with Gasteiger partial charge in [-0.1, -0.05) is 17.7 Å². The molecule has 1 heterocycles. The van der Waals surface area contributed by atoms with Crippen molar-refractivity contribution >= 4 is 29.9 Å². The number of hydrogen-bond acceptors (Lipinski definition) is 4. The van der Waals surface area contributed by atoms with Crippen LogP contribution < -0.4 is 10.1 Å². The summed E-state index contributed by atoms with van der Waals surface area (Å²) in [6.07, 6.45) is 2.71. The number of nitrogens with zero attached hydrogens (tertiary/aromatic N) is 1. The van der Waals surface area contributed by atoms with Gasteiger partial charge in [0.1, 0.15) is 5.75 Å². The monoisotopic (exact) mass is 388 g/mol. The Balaban J connectivity index is 0.00000225. The molecule has 1 aromatic rings. The Hall–Kier alpha value is -1.01. The van der Waals surface area contributed by atoms with Crippen molar-refractivity contribution < 1.29 is 14.6 Å². The third kappa shape index (κ3) is 5.23. The van der Waals surface area contributed by atoms with Gasteiger partial charge in [0.05, 0.1) is 18.7 Å². The average molecular weight is 389 g/mol. The second-order valence-corrected chi connectivity index (χ2v) is 7.22. The molecule has 1 saturated heterocycles. The summed E-state index contributed by atoms with van der Waals surface area (Å²) >= 11 is 6.21. The zero-order chi connectivity index (χ0) is 17.1. The Kier molecular flexibility index (Phi) is 7.37. The highest BCUT2D eigenvalue weighted by Gasteiger charge is 2.42. The smallest absolute Gasteiger partial charge is 0.222 e. The summed E-state index contributed by atoms with van der Waals surface area (Å²) in [4.78, 5) is 14.2. The van der Waals surface area contributed by atoms with Crippen molar-refractivity contribution in [2.24, 2.45) is 11.8 Å². The first-order valence-corrected chi connectivity index (χ1v) is 8.93. The van der Waals surface area contributed by atoms with Gasteiger partial charge >= 0.3 is 0 Å². The number of hydrogen-bond donors (Lipinski definition) is 2. The quantitative estimate of drug-likeness (QED) is 0.752. The minimum Gasteiger partial charge on any atom is -0.495 e. The number of aliphatic hydroxyl groups excluding tert-OH is 1. The Morgan fingerprint density at radius 1 is 1.40 bits per heavy atom. The van der Waals surface area contributed by atoms with E-state index in [0.29, 0.717) is 16.7 Å². The molecule has 0 bridgehead atoms. The molecule has 7 heteroatoms. The topological polar surface area (TPSA) is 61.8 Å². The molecule has 2 N–H and O–H groups in total. The van der Waals surface area contributed by atoms with Gasteiger partial charge in [0, 0.05) is 32.1 Å². The first-order valence-electron chi connectivity index (χ1n) is 8.55. The molecule has 25 heavy (non-hydrogen) atoms. The average Bonchev–Trinajstić information content (AvgIpc) is 3.31. The molecule has 2 atom stereocenters. The highest BCUT2D eigenvalue weighted by atomic mass is 35.5. The molecule has 1 aliphatic heterocycles. The molecule has 1 saturated carbocycles. The van der Waals surface area contributed by atoms with Gasteiger partial charge in [-0.05, 0) is 42.4 Å². The number of rotatable bonds is 7. The molecule has 0 unspecified atom stereocenters. The van der Waals surface area contributed by atoms with Crippen molar-refractivity contribution in [2.45, 2.75) is 31.8 Å². The number of amides is 1. The van der Waals surface area contributed by atoms with Gasteiger partial charge in [-0.25, -0.2) is 0 Å². The number of halogens is 2. The van der Waals surface area contributed by atoms with Crippen LogP contribution in [-0.4, -0.2) is 48.8 Å². The first-order chi connectivity index (χ1) is 11.6. The molecule has 2 fully saturated rings. The maximum atomic E-state index is 11.8. The summed E-state index contributed by atoms with van der Waals surface area (Å²) in [5.41, 5.74) is 1.15. The summed E-state index contributed by atoms with van der Waals surface area (Å²) < 4.78 is 5.20. The number of benzene rings is 1. The van der Waals surface area contributed by atoms with Crippen LogP contribution in [-0.2, 0) is 11.3 Å². The van der Waals surface area contributed by atoms with Crippen LogP contribution >= 0.6 is 24.0 Å². The van der Waals surface area contributed by atoms with E-state index in [1.807, 2.05) is 18.2 Å². The van der Waals surface area contributed by atoms with E-state index < -0.39 is 0 Å². The van der Waals surface area contributed by atoms with Crippen LogP contribution in [0.25, 0.3) is 0 Å². The van der Waals surface area contributed by atoms with Crippen LogP contribution in [0.15, 0.2) is 18.2 Å². The second-order valence-electron chi connectivity index (χ2n) is 6.81. The number of ether oxygens (including phenoxy) is 1. The lowest BCUT2D eigenvalue weighted by atomic mass is 9.98. The Bertz CT molecular complexity index is 596. The van der Waals surface area contributed by atoms with Gasteiger partial charge in [-0.3, -0.25) is 9.69 Å². The standard InChI is InChI=1S/C18H25ClN2O3.ClH/c1-24-17-5-2-12(8-15(17)19)9-21-10-14(13-3-4-13)16(11-21)20-18(23)6-7-22;/h2,5,8,13-14,16,22H,3-4,6-7,9-11H2,1H3,(H,20,23);1H/t14-,16+;/m1./s1. The maximum Gasteiger partial charge on any atom is 0.222 e. The lowest BCUT2D eigenvalue weighted by Crippen LogP contribution is -2.41. The highest BCUT2D eigenvalue weighted by molar-refractivity contribution is 6.32. The lowest BCUT2D eigenvalue weighted by Gasteiger charge is -2.19. The van der Waals surface area contributed by atoms with Gasteiger partial charge in [0.25, 0.3) is 0 Å². The zero-order valence-electron chi connectivity index (χ0n) is 14.4. The van der Waals surface area contributed by atoms with E-state index in [0.717, 1.165) is 31.1 Å². The number of aliphatic hydroxyl groups is 1. The molecule has 5 nitrogen and oxygen atoms in total. The maximum absolute atomic E-state index is 11.8. The van der Waals surface area contributed by atoms with Crippen molar-refractivity contribution in [3.63, 3.8) is 0 Å². The van der Waals surface area contributed by atoms with Gasteiger partial charge in [0.2, 0.25) is 5.91 Å². The van der Waals surface area contributed by atoms with Crippen LogP contribution in [0.3, 0.4) is 0 Å². The van der Waals surface area contributed by atoms with Crippen LogP contribution in [0.2, 0.25) is 5.02 Å². The van der Waals surface area contributed by atoms with E-state index in [4.69, 9.17) is 21.4 Å². The van der Waals surface area contributed by atoms with E-state index in [9.17, 15) is 4.79 Å². The van der Waals surface area contributed by atoms with E-state index in [-0.39, 0.29) is 37.4 Å². The molecule has 1 amide bonds. The third-order valence-corrected chi connectivity index (χ3v) is 5.27. The normalized spacial score (nSPS) is 23.2. The summed E-state index contributed by atoms with van der Waals surface area (Å²) in [5.74, 6) is 1.88. The number of methoxy groups -OCH3 is 1. The van der Waals surface area contributed by atoms with Gasteiger partial charge < -0.3 is 15.2 Å². The molecule has 1 aliphatic carbocycles. The van der Waals surface area contributed by atoms with E-state index in [1.54, 1.807) is 7.11 Å². The molecule has 3 rings (SSSR count). The number of carbonyl (C=O) groups excluding carboxylic acids is 1. The minimum absolute atomic E-state index is 0. The zero-order valence-corrected chi connectivity index (χ0v) is 16.0. The van der Waals surface area contributed by atoms with E-state index >= 15 is 0 Å². The third-order valence-electron chi connectivity index (χ3n) is 4.98. The Labute approximate surface area is 160 Å². The van der Waals surface area contributed by atoms with Crippen molar-refractivity contribution in [2.75, 3.05) is 26.8 Å². The summed E-state index contributed by atoms with van der Waals surface area (Å²) in [6, 6.07) is 6.07. The molecule has 2 aliphatic rings. The van der Waals surface area contributed by atoms with Crippen molar-refractivity contribution in [3.8, 4) is 5.75 Å². The Morgan fingerprint density at radius 2 is 2.16 bits per heavy atom. The molecule has 140 valence electrons. The highest BCUT2D eigenvalue weighted by Crippen LogP contribution is 2.41. The van der Waals surface area contributed by atoms with Crippen LogP contribution in [0.4, 0.5) is 0 Å². The SMILES string of the molecule is COc1ccc(CN2C[C@H](NC(=O)CCO)[C@@H](C3CC3)C2)cc1Cl.Cl. The molecule has 0 radical (unpaired) electrons. The summed E-state index contributed by atoms with van der Waals surface area (Å²) in [7, 11) is 1.61. The number of nitrogens with one attached hydrogen (secondary N) is 1. The fourth-order valence-electron chi connectivity index (χ4n) is 3.64. The Morgan fingerprint density at radius 3 is 2.76 bits per heavy atom. The number of carbonyl (C=O) groups is 1. The largest absolute Gasteiger partial charge is 0.495 e. The number of likely N-dealkylation sites (tertiary alicyclic amines) is 1. The van der Waals surface area contributed by atoms with E-state index in [1.165, 1.54) is 12.8 Å². The molecule has 0 aromatic heterocycles. The minimum atomic E-state index is -0.0965. The van der Waals surface area contributed by atoms with Gasteiger partial charge in [0.15, 0.2) is 0 Å². The fourth-order valence-corrected chi connectivity index (χ4v) is 3.92. The first kappa shape index (κ1) is 20.3. The second kappa shape index (κ2) is 9.08. The predicted molar refractivity (Wildman–Crippen MR) is 100 cm³/mol. The summed E-state index contributed by atoms with van der Waals surface area (Å²) in [5, 5.41) is 12.7. The van der Waals surface area contributed by atoms with Crippen LogP contribution in [0.5, 0.6) is 5.75 Å². The fraction of sp³-hybridized carbons (Fsp3) is 0.611. The molecular weight excluding hydrogens is 363 g/mol. The van der Waals surface area contributed by atoms with Crippen LogP contribution in [0.1, 0.15) is 24.8 Å². The van der Waals surface area contributed by atoms with Gasteiger partial charge in [-0.15, -0.1) is 12.4 Å². The van der Waals surface area contributed by atoms with Gasteiger partial charge in [-0.2, -0.15) is 0 Å².